The Kier molecular flexibility index (Phi) is 5.74. The van der Waals surface area contributed by atoms with Crippen LogP contribution in [-0.4, -0.2) is 12.6 Å². The summed E-state index contributed by atoms with van der Waals surface area (Å²) in [5.74, 6) is 4.73. The van der Waals surface area contributed by atoms with Crippen molar-refractivity contribution < 1.29 is 0 Å². The Labute approximate surface area is 120 Å². The largest absolute Gasteiger partial charge is 0.314 e. The van der Waals surface area contributed by atoms with Crippen molar-refractivity contribution in [3.8, 4) is 0 Å². The Balaban J connectivity index is 2.01. The predicted molar refractivity (Wildman–Crippen MR) is 84.3 cm³/mol. The molecular formula is C18H35N. The van der Waals surface area contributed by atoms with Gasteiger partial charge in [0.2, 0.25) is 0 Å². The normalized spacial score (nSPS) is 42.0. The highest BCUT2D eigenvalue weighted by Crippen LogP contribution is 2.40. The summed E-state index contributed by atoms with van der Waals surface area (Å²) in [6.07, 6.45) is 10.3. The van der Waals surface area contributed by atoms with E-state index >= 15 is 0 Å². The zero-order valence-corrected chi connectivity index (χ0v) is 13.6. The molecule has 2 fully saturated rings. The summed E-state index contributed by atoms with van der Waals surface area (Å²) in [5.41, 5.74) is 0. The molecule has 0 saturated heterocycles. The fraction of sp³-hybridized carbons (Fsp3) is 1.00. The summed E-state index contributed by atoms with van der Waals surface area (Å²) in [4.78, 5) is 0. The average molecular weight is 265 g/mol. The Hall–Kier alpha value is -0.0400. The van der Waals surface area contributed by atoms with E-state index in [-0.39, 0.29) is 0 Å². The van der Waals surface area contributed by atoms with Crippen molar-refractivity contribution in [1.82, 2.24) is 5.32 Å². The van der Waals surface area contributed by atoms with Gasteiger partial charge in [0, 0.05) is 6.04 Å². The molecule has 5 unspecified atom stereocenters. The van der Waals surface area contributed by atoms with E-state index in [0.29, 0.717) is 0 Å². The van der Waals surface area contributed by atoms with Crippen molar-refractivity contribution in [3.05, 3.63) is 0 Å². The topological polar surface area (TPSA) is 12.0 Å². The first-order valence-electron chi connectivity index (χ1n) is 8.83. The monoisotopic (exact) mass is 265 g/mol. The predicted octanol–water partition coefficient (Wildman–Crippen LogP) is 4.86. The zero-order chi connectivity index (χ0) is 13.8. The van der Waals surface area contributed by atoms with Crippen LogP contribution in [0.4, 0.5) is 0 Å². The minimum absolute atomic E-state index is 0.804. The minimum Gasteiger partial charge on any atom is -0.314 e. The van der Waals surface area contributed by atoms with Gasteiger partial charge >= 0.3 is 0 Å². The van der Waals surface area contributed by atoms with Crippen LogP contribution in [0.15, 0.2) is 0 Å². The molecule has 0 spiro atoms. The van der Waals surface area contributed by atoms with Crippen LogP contribution in [0, 0.1) is 29.6 Å². The highest BCUT2D eigenvalue weighted by atomic mass is 14.9. The molecule has 112 valence electrons. The van der Waals surface area contributed by atoms with Gasteiger partial charge in [0.1, 0.15) is 0 Å². The molecule has 5 atom stereocenters. The molecule has 0 amide bonds. The molecule has 0 aromatic carbocycles. The first kappa shape index (κ1) is 15.4. The van der Waals surface area contributed by atoms with Gasteiger partial charge in [-0.25, -0.2) is 0 Å². The maximum Gasteiger partial charge on any atom is 0.0124 e. The second-order valence-corrected chi connectivity index (χ2v) is 7.79. The van der Waals surface area contributed by atoms with E-state index in [1.807, 2.05) is 0 Å². The van der Waals surface area contributed by atoms with Crippen molar-refractivity contribution in [2.45, 2.75) is 78.7 Å². The highest BCUT2D eigenvalue weighted by Gasteiger charge is 2.35. The van der Waals surface area contributed by atoms with Crippen LogP contribution in [0.5, 0.6) is 0 Å². The Morgan fingerprint density at radius 3 is 2.05 bits per heavy atom. The van der Waals surface area contributed by atoms with Crippen LogP contribution in [0.1, 0.15) is 72.6 Å². The van der Waals surface area contributed by atoms with Gasteiger partial charge in [0.15, 0.2) is 0 Å². The van der Waals surface area contributed by atoms with Gasteiger partial charge in [0.05, 0.1) is 0 Å². The molecule has 0 bridgehead atoms. The van der Waals surface area contributed by atoms with Crippen LogP contribution < -0.4 is 5.32 Å². The Morgan fingerprint density at radius 2 is 1.47 bits per heavy atom. The van der Waals surface area contributed by atoms with Gasteiger partial charge in [-0.1, -0.05) is 40.5 Å². The van der Waals surface area contributed by atoms with E-state index in [1.165, 1.54) is 44.9 Å². The molecule has 19 heavy (non-hydrogen) atoms. The van der Waals surface area contributed by atoms with Crippen molar-refractivity contribution >= 4 is 0 Å². The van der Waals surface area contributed by atoms with Gasteiger partial charge in [-0.05, 0) is 68.2 Å². The molecule has 2 rings (SSSR count). The molecule has 2 aliphatic carbocycles. The zero-order valence-electron chi connectivity index (χ0n) is 13.6. The molecule has 0 radical (unpaired) electrons. The van der Waals surface area contributed by atoms with Crippen LogP contribution in [0.2, 0.25) is 0 Å². The third-order valence-corrected chi connectivity index (χ3v) is 5.65. The molecule has 1 nitrogen and oxygen atoms in total. The second-order valence-electron chi connectivity index (χ2n) is 7.79. The van der Waals surface area contributed by atoms with E-state index in [0.717, 1.165) is 42.2 Å². The second kappa shape index (κ2) is 7.11. The fourth-order valence-electron chi connectivity index (χ4n) is 5.06. The van der Waals surface area contributed by atoms with E-state index in [1.54, 1.807) is 0 Å². The molecule has 2 saturated carbocycles. The lowest BCUT2D eigenvalue weighted by Crippen LogP contribution is -2.46. The third-order valence-electron chi connectivity index (χ3n) is 5.65. The molecular weight excluding hydrogens is 230 g/mol. The molecule has 1 N–H and O–H groups in total. The molecule has 0 heterocycles. The summed E-state index contributed by atoms with van der Waals surface area (Å²) in [7, 11) is 0. The van der Waals surface area contributed by atoms with Crippen LogP contribution >= 0.6 is 0 Å². The lowest BCUT2D eigenvalue weighted by Gasteiger charge is -2.42. The summed E-state index contributed by atoms with van der Waals surface area (Å²) in [6.45, 7) is 10.8. The summed E-state index contributed by atoms with van der Waals surface area (Å²) in [5, 5.41) is 3.88. The Bertz CT molecular complexity index is 252. The van der Waals surface area contributed by atoms with Crippen molar-refractivity contribution in [2.75, 3.05) is 6.54 Å². The number of hydrogen-bond acceptors (Lipinski definition) is 1. The standard InChI is InChI=1S/C18H35N/c1-5-19-18(16-8-6-7-13(2)10-16)17-11-14(3)9-15(4)12-17/h13-19H,5-12H2,1-4H3. The number of hydrogen-bond donors (Lipinski definition) is 1. The lowest BCUT2D eigenvalue weighted by atomic mass is 9.67. The Morgan fingerprint density at radius 1 is 0.842 bits per heavy atom. The van der Waals surface area contributed by atoms with E-state index in [2.05, 4.69) is 33.0 Å². The SMILES string of the molecule is CCNC(C1CCCC(C)C1)C1CC(C)CC(C)C1. The van der Waals surface area contributed by atoms with Gasteiger partial charge in [-0.15, -0.1) is 0 Å². The van der Waals surface area contributed by atoms with Crippen LogP contribution in [0.3, 0.4) is 0 Å². The van der Waals surface area contributed by atoms with Crippen molar-refractivity contribution in [2.24, 2.45) is 29.6 Å². The van der Waals surface area contributed by atoms with Crippen LogP contribution in [-0.2, 0) is 0 Å². The molecule has 0 aromatic rings. The summed E-state index contributed by atoms with van der Waals surface area (Å²) >= 11 is 0. The first-order chi connectivity index (χ1) is 9.10. The van der Waals surface area contributed by atoms with Gasteiger partial charge < -0.3 is 5.32 Å². The van der Waals surface area contributed by atoms with E-state index < -0.39 is 0 Å². The fourth-order valence-corrected chi connectivity index (χ4v) is 5.06. The van der Waals surface area contributed by atoms with Gasteiger partial charge in [-0.3, -0.25) is 0 Å². The van der Waals surface area contributed by atoms with Crippen molar-refractivity contribution in [1.29, 1.82) is 0 Å². The maximum atomic E-state index is 3.88. The minimum atomic E-state index is 0.804. The molecule has 0 aliphatic heterocycles. The lowest BCUT2D eigenvalue weighted by molar-refractivity contribution is 0.115. The third kappa shape index (κ3) is 4.21. The molecule has 1 heteroatoms. The molecule has 2 aliphatic rings. The van der Waals surface area contributed by atoms with Gasteiger partial charge in [-0.2, -0.15) is 0 Å². The first-order valence-corrected chi connectivity index (χ1v) is 8.83. The van der Waals surface area contributed by atoms with E-state index in [4.69, 9.17) is 0 Å². The van der Waals surface area contributed by atoms with Crippen molar-refractivity contribution in [3.63, 3.8) is 0 Å². The average Bonchev–Trinajstić information content (AvgIpc) is 2.34. The number of rotatable bonds is 4. The summed E-state index contributed by atoms with van der Waals surface area (Å²) in [6, 6.07) is 0.804. The quantitative estimate of drug-likeness (QED) is 0.765. The maximum absolute atomic E-state index is 3.88. The van der Waals surface area contributed by atoms with Crippen LogP contribution in [0.25, 0.3) is 0 Å². The summed E-state index contributed by atoms with van der Waals surface area (Å²) < 4.78 is 0. The van der Waals surface area contributed by atoms with E-state index in [9.17, 15) is 0 Å². The highest BCUT2D eigenvalue weighted by molar-refractivity contribution is 4.90. The number of nitrogens with one attached hydrogen (secondary N) is 1. The smallest absolute Gasteiger partial charge is 0.0124 e. The molecule has 0 aromatic heterocycles. The van der Waals surface area contributed by atoms with Gasteiger partial charge in [0.25, 0.3) is 0 Å².